The van der Waals surface area contributed by atoms with Crippen LogP contribution in [0.25, 0.3) is 0 Å². The third-order valence-corrected chi connectivity index (χ3v) is 3.97. The number of aromatic carboxylic acids is 1. The van der Waals surface area contributed by atoms with Crippen LogP contribution in [0.2, 0.25) is 0 Å². The van der Waals surface area contributed by atoms with Crippen molar-refractivity contribution in [1.82, 2.24) is 25.2 Å². The SMILES string of the molecule is O=C(O)c1cn(C2CN(C(=O)C3CCNCC3)C2)nn1. The zero-order chi connectivity index (χ0) is 14.1. The molecule has 1 aromatic heterocycles. The molecule has 0 saturated carbocycles. The molecule has 108 valence electrons. The van der Waals surface area contributed by atoms with Crippen LogP contribution < -0.4 is 5.32 Å². The number of nitrogens with one attached hydrogen (secondary N) is 1. The van der Waals surface area contributed by atoms with Crippen LogP contribution >= 0.6 is 0 Å². The smallest absolute Gasteiger partial charge is 0.358 e. The summed E-state index contributed by atoms with van der Waals surface area (Å²) in [5, 5.41) is 19.4. The number of carbonyl (C=O) groups is 2. The minimum Gasteiger partial charge on any atom is -0.476 e. The fourth-order valence-electron chi connectivity index (χ4n) is 2.68. The van der Waals surface area contributed by atoms with E-state index in [1.807, 2.05) is 4.90 Å². The Kier molecular flexibility index (Phi) is 3.39. The molecule has 0 radical (unpaired) electrons. The second-order valence-corrected chi connectivity index (χ2v) is 5.31. The monoisotopic (exact) mass is 279 g/mol. The standard InChI is InChI=1S/C12H17N5O3/c18-11(8-1-3-13-4-2-8)16-5-9(6-16)17-7-10(12(19)20)14-15-17/h7-9,13H,1-6H2,(H,19,20). The second-order valence-electron chi connectivity index (χ2n) is 5.31. The number of hydrogen-bond donors (Lipinski definition) is 2. The number of rotatable bonds is 3. The normalized spacial score (nSPS) is 20.7. The van der Waals surface area contributed by atoms with Gasteiger partial charge in [0.15, 0.2) is 5.69 Å². The van der Waals surface area contributed by atoms with Crippen molar-refractivity contribution in [2.75, 3.05) is 26.2 Å². The molecule has 8 nitrogen and oxygen atoms in total. The Balaban J connectivity index is 1.55. The molecule has 2 N–H and O–H groups in total. The van der Waals surface area contributed by atoms with Crippen molar-refractivity contribution in [3.63, 3.8) is 0 Å². The van der Waals surface area contributed by atoms with Gasteiger partial charge in [0.05, 0.1) is 12.2 Å². The summed E-state index contributed by atoms with van der Waals surface area (Å²) >= 11 is 0. The fraction of sp³-hybridized carbons (Fsp3) is 0.667. The lowest BCUT2D eigenvalue weighted by molar-refractivity contribution is -0.142. The summed E-state index contributed by atoms with van der Waals surface area (Å²) < 4.78 is 1.54. The maximum atomic E-state index is 12.2. The van der Waals surface area contributed by atoms with Crippen LogP contribution in [0.15, 0.2) is 6.20 Å². The van der Waals surface area contributed by atoms with E-state index in [0.29, 0.717) is 13.1 Å². The van der Waals surface area contributed by atoms with Crippen molar-refractivity contribution in [1.29, 1.82) is 0 Å². The van der Waals surface area contributed by atoms with E-state index >= 15 is 0 Å². The van der Waals surface area contributed by atoms with Crippen LogP contribution in [0.1, 0.15) is 29.4 Å². The largest absolute Gasteiger partial charge is 0.476 e. The van der Waals surface area contributed by atoms with E-state index < -0.39 is 5.97 Å². The highest BCUT2D eigenvalue weighted by Gasteiger charge is 2.36. The first-order valence-electron chi connectivity index (χ1n) is 6.80. The highest BCUT2D eigenvalue weighted by atomic mass is 16.4. The van der Waals surface area contributed by atoms with E-state index in [0.717, 1.165) is 25.9 Å². The van der Waals surface area contributed by atoms with Gasteiger partial charge in [-0.1, -0.05) is 5.21 Å². The van der Waals surface area contributed by atoms with Crippen LogP contribution in [0.3, 0.4) is 0 Å². The first kappa shape index (κ1) is 13.0. The average molecular weight is 279 g/mol. The van der Waals surface area contributed by atoms with Gasteiger partial charge >= 0.3 is 5.97 Å². The lowest BCUT2D eigenvalue weighted by Crippen LogP contribution is -2.53. The maximum Gasteiger partial charge on any atom is 0.358 e. The second kappa shape index (κ2) is 5.20. The third-order valence-electron chi connectivity index (χ3n) is 3.97. The molecule has 20 heavy (non-hydrogen) atoms. The van der Waals surface area contributed by atoms with Crippen LogP contribution in [0.5, 0.6) is 0 Å². The third kappa shape index (κ3) is 2.38. The van der Waals surface area contributed by atoms with Gasteiger partial charge in [-0.2, -0.15) is 0 Å². The number of nitrogens with zero attached hydrogens (tertiary/aromatic N) is 4. The molecule has 2 fully saturated rings. The molecule has 0 bridgehead atoms. The number of piperidine rings is 1. The van der Waals surface area contributed by atoms with Crippen molar-refractivity contribution in [2.24, 2.45) is 5.92 Å². The Bertz CT molecular complexity index is 517. The van der Waals surface area contributed by atoms with Gasteiger partial charge in [-0.15, -0.1) is 5.10 Å². The van der Waals surface area contributed by atoms with Crippen LogP contribution in [0.4, 0.5) is 0 Å². The molecule has 3 heterocycles. The summed E-state index contributed by atoms with van der Waals surface area (Å²) in [4.78, 5) is 24.8. The molecule has 0 unspecified atom stereocenters. The first-order valence-corrected chi connectivity index (χ1v) is 6.80. The molecule has 0 aliphatic carbocycles. The molecule has 0 spiro atoms. The number of carbonyl (C=O) groups excluding carboxylic acids is 1. The summed E-state index contributed by atoms with van der Waals surface area (Å²) in [5.74, 6) is -0.748. The molecule has 3 rings (SSSR count). The van der Waals surface area contributed by atoms with Gasteiger partial charge in [0.1, 0.15) is 0 Å². The van der Waals surface area contributed by atoms with Gasteiger partial charge in [0.25, 0.3) is 0 Å². The van der Waals surface area contributed by atoms with E-state index in [-0.39, 0.29) is 23.6 Å². The molecule has 8 heteroatoms. The van der Waals surface area contributed by atoms with Gasteiger partial charge in [-0.3, -0.25) is 4.79 Å². The molecule has 1 amide bonds. The van der Waals surface area contributed by atoms with E-state index in [4.69, 9.17) is 5.11 Å². The zero-order valence-corrected chi connectivity index (χ0v) is 11.0. The topological polar surface area (TPSA) is 100 Å². The number of hydrogen-bond acceptors (Lipinski definition) is 5. The summed E-state index contributed by atoms with van der Waals surface area (Å²) in [6.07, 6.45) is 3.21. The fourth-order valence-corrected chi connectivity index (χ4v) is 2.68. The molecular weight excluding hydrogens is 262 g/mol. The number of likely N-dealkylation sites (tertiary alicyclic amines) is 1. The molecule has 1 aromatic rings. The van der Waals surface area contributed by atoms with Gasteiger partial charge < -0.3 is 15.3 Å². The van der Waals surface area contributed by atoms with Crippen LogP contribution in [-0.4, -0.2) is 63.1 Å². The Morgan fingerprint density at radius 1 is 1.30 bits per heavy atom. The van der Waals surface area contributed by atoms with Gasteiger partial charge in [0, 0.05) is 19.0 Å². The molecular formula is C12H17N5O3. The van der Waals surface area contributed by atoms with Crippen molar-refractivity contribution in [3.05, 3.63) is 11.9 Å². The van der Waals surface area contributed by atoms with Crippen molar-refractivity contribution in [2.45, 2.75) is 18.9 Å². The number of amides is 1. The summed E-state index contributed by atoms with van der Waals surface area (Å²) in [5.41, 5.74) is -0.0619. The molecule has 2 aliphatic rings. The Morgan fingerprint density at radius 2 is 2.00 bits per heavy atom. The molecule has 2 saturated heterocycles. The van der Waals surface area contributed by atoms with Crippen molar-refractivity contribution < 1.29 is 14.7 Å². The minimum atomic E-state index is -1.08. The quantitative estimate of drug-likeness (QED) is 0.763. The van der Waals surface area contributed by atoms with E-state index in [9.17, 15) is 9.59 Å². The van der Waals surface area contributed by atoms with E-state index in [1.54, 1.807) is 0 Å². The lowest BCUT2D eigenvalue weighted by atomic mass is 9.94. The summed E-state index contributed by atoms with van der Waals surface area (Å²) in [7, 11) is 0. The first-order chi connectivity index (χ1) is 9.65. The average Bonchev–Trinajstić information content (AvgIpc) is 2.87. The van der Waals surface area contributed by atoms with Crippen molar-refractivity contribution >= 4 is 11.9 Å². The lowest BCUT2D eigenvalue weighted by Gasteiger charge is -2.41. The molecule has 0 aromatic carbocycles. The van der Waals surface area contributed by atoms with Crippen LogP contribution in [0, 0.1) is 5.92 Å². The number of carboxylic acids is 1. The number of aromatic nitrogens is 3. The van der Waals surface area contributed by atoms with Crippen molar-refractivity contribution in [3.8, 4) is 0 Å². The summed E-state index contributed by atoms with van der Waals surface area (Å²) in [6.45, 7) is 2.98. The number of carboxylic acid groups (broad SMARTS) is 1. The maximum absolute atomic E-state index is 12.2. The Hall–Kier alpha value is -1.96. The van der Waals surface area contributed by atoms with Crippen LogP contribution in [-0.2, 0) is 4.79 Å². The van der Waals surface area contributed by atoms with Gasteiger partial charge in [0.2, 0.25) is 5.91 Å². The highest BCUT2D eigenvalue weighted by molar-refractivity contribution is 5.84. The molecule has 2 aliphatic heterocycles. The van der Waals surface area contributed by atoms with Gasteiger partial charge in [-0.25, -0.2) is 9.48 Å². The highest BCUT2D eigenvalue weighted by Crippen LogP contribution is 2.25. The summed E-state index contributed by atoms with van der Waals surface area (Å²) in [6, 6.07) is 0.0428. The van der Waals surface area contributed by atoms with E-state index in [1.165, 1.54) is 10.9 Å². The zero-order valence-electron chi connectivity index (χ0n) is 11.0. The van der Waals surface area contributed by atoms with Gasteiger partial charge in [-0.05, 0) is 25.9 Å². The predicted octanol–water partition coefficient (Wildman–Crippen LogP) is -0.641. The Morgan fingerprint density at radius 3 is 2.60 bits per heavy atom. The minimum absolute atomic E-state index is 0.0428. The predicted molar refractivity (Wildman–Crippen MR) is 68.2 cm³/mol. The van der Waals surface area contributed by atoms with E-state index in [2.05, 4.69) is 15.6 Å². The Labute approximate surface area is 115 Å². The molecule has 0 atom stereocenters.